The summed E-state index contributed by atoms with van der Waals surface area (Å²) in [7, 11) is 0. The van der Waals surface area contributed by atoms with Crippen LogP contribution in [0.5, 0.6) is 0 Å². The zero-order valence-electron chi connectivity index (χ0n) is 8.87. The lowest BCUT2D eigenvalue weighted by Gasteiger charge is -2.09. The zero-order chi connectivity index (χ0) is 11.0. The van der Waals surface area contributed by atoms with Gasteiger partial charge in [-0.15, -0.1) is 0 Å². The Morgan fingerprint density at radius 2 is 1.93 bits per heavy atom. The van der Waals surface area contributed by atoms with Crippen LogP contribution >= 0.6 is 0 Å². The van der Waals surface area contributed by atoms with Gasteiger partial charge in [0, 0.05) is 5.57 Å². The maximum absolute atomic E-state index is 11.1. The third-order valence-electron chi connectivity index (χ3n) is 1.83. The Morgan fingerprint density at radius 1 is 1.36 bits per heavy atom. The molecule has 0 N–H and O–H groups in total. The van der Waals surface area contributed by atoms with Gasteiger partial charge >= 0.3 is 12.4 Å². The molecule has 0 fully saturated rings. The summed E-state index contributed by atoms with van der Waals surface area (Å²) < 4.78 is 4.24. The van der Waals surface area contributed by atoms with Gasteiger partial charge in [-0.25, -0.2) is 4.79 Å². The molecule has 0 aromatic heterocycles. The van der Waals surface area contributed by atoms with Gasteiger partial charge in [0.2, 0.25) is 0 Å². The third kappa shape index (κ3) is 3.56. The highest BCUT2D eigenvalue weighted by molar-refractivity contribution is 5.93. The van der Waals surface area contributed by atoms with Crippen molar-refractivity contribution in [1.29, 1.82) is 0 Å². The minimum atomic E-state index is -0.521. The topological polar surface area (TPSA) is 43.4 Å². The molecule has 0 spiro atoms. The Bertz CT molecular complexity index is 262. The van der Waals surface area contributed by atoms with Crippen LogP contribution in [-0.2, 0) is 14.3 Å². The fraction of sp³-hybridized carbons (Fsp3) is 0.455. The number of hydrogen-bond donors (Lipinski definition) is 0. The highest BCUT2D eigenvalue weighted by Crippen LogP contribution is 2.19. The van der Waals surface area contributed by atoms with Crippen LogP contribution < -0.4 is 0 Å². The molecule has 0 radical (unpaired) electrons. The highest BCUT2D eigenvalue weighted by atomic mass is 16.6. The van der Waals surface area contributed by atoms with Crippen LogP contribution in [0.3, 0.4) is 0 Å². The molecule has 0 amide bonds. The molecule has 78 valence electrons. The van der Waals surface area contributed by atoms with Crippen LogP contribution in [0.4, 0.5) is 0 Å². The van der Waals surface area contributed by atoms with Gasteiger partial charge < -0.3 is 4.74 Å². The van der Waals surface area contributed by atoms with E-state index in [2.05, 4.69) is 4.74 Å². The van der Waals surface area contributed by atoms with Crippen molar-refractivity contribution in [3.05, 3.63) is 23.3 Å². The second kappa shape index (κ2) is 7.06. The first-order valence-corrected chi connectivity index (χ1v) is 4.74. The van der Waals surface area contributed by atoms with Crippen molar-refractivity contribution in [3.8, 4) is 0 Å². The van der Waals surface area contributed by atoms with Crippen LogP contribution in [0.2, 0.25) is 0 Å². The monoisotopic (exact) mass is 196 g/mol. The molecule has 3 nitrogen and oxygen atoms in total. The van der Waals surface area contributed by atoms with Crippen LogP contribution in [-0.4, -0.2) is 12.4 Å². The van der Waals surface area contributed by atoms with E-state index in [1.54, 1.807) is 0 Å². The SMILES string of the molecule is CC.CC1=C(C(=O)OC=O)CC=CC1. The maximum Gasteiger partial charge on any atom is 0.341 e. The Morgan fingerprint density at radius 3 is 2.43 bits per heavy atom. The Hall–Kier alpha value is -1.38. The van der Waals surface area contributed by atoms with Gasteiger partial charge in [0.15, 0.2) is 0 Å². The number of carbonyl (C=O) groups is 2. The lowest BCUT2D eigenvalue weighted by atomic mass is 9.99. The molecular weight excluding hydrogens is 180 g/mol. The average molecular weight is 196 g/mol. The van der Waals surface area contributed by atoms with E-state index in [1.807, 2.05) is 32.9 Å². The first-order chi connectivity index (χ1) is 6.75. The van der Waals surface area contributed by atoms with E-state index in [0.29, 0.717) is 12.0 Å². The summed E-state index contributed by atoms with van der Waals surface area (Å²) in [5, 5.41) is 0. The number of ether oxygens (including phenoxy) is 1. The molecular formula is C11H16O3. The molecule has 14 heavy (non-hydrogen) atoms. The smallest absolute Gasteiger partial charge is 0.341 e. The minimum absolute atomic E-state index is 0.168. The number of esters is 1. The van der Waals surface area contributed by atoms with Crippen LogP contribution in [0.25, 0.3) is 0 Å². The van der Waals surface area contributed by atoms with Crippen molar-refractivity contribution in [1.82, 2.24) is 0 Å². The molecule has 0 atom stereocenters. The lowest BCUT2D eigenvalue weighted by molar-refractivity contribution is -0.148. The molecule has 1 aliphatic carbocycles. The molecule has 1 aliphatic rings. The molecule has 1 rings (SSSR count). The van der Waals surface area contributed by atoms with Crippen LogP contribution in [0, 0.1) is 0 Å². The van der Waals surface area contributed by atoms with Crippen molar-refractivity contribution in [2.45, 2.75) is 33.6 Å². The summed E-state index contributed by atoms with van der Waals surface area (Å²) in [5.41, 5.74) is 1.58. The molecule has 0 aliphatic heterocycles. The van der Waals surface area contributed by atoms with Crippen molar-refractivity contribution >= 4 is 12.4 Å². The van der Waals surface area contributed by atoms with Gasteiger partial charge in [0.25, 0.3) is 0 Å². The second-order valence-electron chi connectivity index (χ2n) is 2.64. The first kappa shape index (κ1) is 12.6. The standard InChI is InChI=1S/C9H10O3.C2H6/c1-7-4-2-3-5-8(7)9(11)12-6-10;1-2/h2-3,6H,4-5H2,1H3;1-2H3. The summed E-state index contributed by atoms with van der Waals surface area (Å²) in [4.78, 5) is 20.9. The van der Waals surface area contributed by atoms with E-state index in [-0.39, 0.29) is 6.47 Å². The largest absolute Gasteiger partial charge is 0.392 e. The molecule has 0 aromatic carbocycles. The van der Waals surface area contributed by atoms with Gasteiger partial charge in [-0.05, 0) is 19.8 Å². The fourth-order valence-electron chi connectivity index (χ4n) is 1.13. The predicted octanol–water partition coefficient (Wildman–Crippen LogP) is 2.38. The number of carbonyl (C=O) groups excluding carboxylic acids is 2. The van der Waals surface area contributed by atoms with Gasteiger partial charge in [0.1, 0.15) is 0 Å². The summed E-state index contributed by atoms with van der Waals surface area (Å²) in [6.07, 6.45) is 5.23. The molecule has 0 aromatic rings. The van der Waals surface area contributed by atoms with Crippen molar-refractivity contribution in [2.24, 2.45) is 0 Å². The van der Waals surface area contributed by atoms with Crippen LogP contribution in [0.15, 0.2) is 23.3 Å². The van der Waals surface area contributed by atoms with Gasteiger partial charge in [-0.2, -0.15) is 0 Å². The Labute approximate surface area is 84.4 Å². The first-order valence-electron chi connectivity index (χ1n) is 4.74. The fourth-order valence-corrected chi connectivity index (χ4v) is 1.13. The predicted molar refractivity (Wildman–Crippen MR) is 54.6 cm³/mol. The molecule has 0 saturated carbocycles. The van der Waals surface area contributed by atoms with E-state index in [1.165, 1.54) is 0 Å². The molecule has 0 unspecified atom stereocenters. The quantitative estimate of drug-likeness (QED) is 0.295. The van der Waals surface area contributed by atoms with Gasteiger partial charge in [-0.1, -0.05) is 31.6 Å². The summed E-state index contributed by atoms with van der Waals surface area (Å²) >= 11 is 0. The van der Waals surface area contributed by atoms with Crippen molar-refractivity contribution < 1.29 is 14.3 Å². The Kier molecular flexibility index (Phi) is 6.37. The lowest BCUT2D eigenvalue weighted by Crippen LogP contribution is -2.09. The van der Waals surface area contributed by atoms with Gasteiger partial charge in [-0.3, -0.25) is 4.79 Å². The number of hydrogen-bond acceptors (Lipinski definition) is 3. The molecule has 0 bridgehead atoms. The highest BCUT2D eigenvalue weighted by Gasteiger charge is 2.14. The molecule has 0 heterocycles. The van der Waals surface area contributed by atoms with Crippen molar-refractivity contribution in [2.75, 3.05) is 0 Å². The molecule has 3 heteroatoms. The third-order valence-corrected chi connectivity index (χ3v) is 1.83. The van der Waals surface area contributed by atoms with E-state index in [9.17, 15) is 9.59 Å². The Balaban J connectivity index is 0.000000791. The average Bonchev–Trinajstić information content (AvgIpc) is 2.22. The minimum Gasteiger partial charge on any atom is -0.392 e. The number of allylic oxidation sites excluding steroid dienone is 3. The summed E-state index contributed by atoms with van der Waals surface area (Å²) in [5.74, 6) is -0.521. The molecule has 0 saturated heterocycles. The summed E-state index contributed by atoms with van der Waals surface area (Å²) in [6, 6.07) is 0. The van der Waals surface area contributed by atoms with E-state index in [4.69, 9.17) is 0 Å². The maximum atomic E-state index is 11.1. The second-order valence-corrected chi connectivity index (χ2v) is 2.64. The van der Waals surface area contributed by atoms with Gasteiger partial charge in [0.05, 0.1) is 0 Å². The number of rotatable bonds is 2. The van der Waals surface area contributed by atoms with E-state index >= 15 is 0 Å². The van der Waals surface area contributed by atoms with Crippen LogP contribution in [0.1, 0.15) is 33.6 Å². The normalized spacial score (nSPS) is 14.2. The van der Waals surface area contributed by atoms with E-state index < -0.39 is 5.97 Å². The summed E-state index contributed by atoms with van der Waals surface area (Å²) in [6.45, 7) is 6.03. The van der Waals surface area contributed by atoms with Crippen molar-refractivity contribution in [3.63, 3.8) is 0 Å². The van der Waals surface area contributed by atoms with E-state index in [0.717, 1.165) is 12.0 Å². The zero-order valence-corrected chi connectivity index (χ0v) is 8.87.